The van der Waals surface area contributed by atoms with Gasteiger partial charge in [0, 0.05) is 12.6 Å². The lowest BCUT2D eigenvalue weighted by molar-refractivity contribution is -0.135. The standard InChI is InChI=1S/C16H23FN2O/c1-3-11(2)15(18)16(20)19(14-8-9-14)10-12-4-6-13(17)7-5-12/h4-7,11,14-15H,3,8-10,18H2,1-2H3/t11-,15-/m0/s1. The zero-order valence-corrected chi connectivity index (χ0v) is 12.2. The highest BCUT2D eigenvalue weighted by atomic mass is 19.1. The van der Waals surface area contributed by atoms with Gasteiger partial charge in [-0.15, -0.1) is 0 Å². The van der Waals surface area contributed by atoms with Crippen LogP contribution in [-0.4, -0.2) is 22.9 Å². The largest absolute Gasteiger partial charge is 0.334 e. The highest BCUT2D eigenvalue weighted by molar-refractivity contribution is 5.82. The molecule has 0 radical (unpaired) electrons. The zero-order chi connectivity index (χ0) is 14.7. The van der Waals surface area contributed by atoms with Gasteiger partial charge >= 0.3 is 0 Å². The summed E-state index contributed by atoms with van der Waals surface area (Å²) in [5.41, 5.74) is 7.01. The SMILES string of the molecule is CC[C@H](C)[C@H](N)C(=O)N(Cc1ccc(F)cc1)C1CC1. The Morgan fingerprint density at radius 2 is 2.00 bits per heavy atom. The van der Waals surface area contributed by atoms with E-state index in [9.17, 15) is 9.18 Å². The van der Waals surface area contributed by atoms with Gasteiger partial charge < -0.3 is 10.6 Å². The summed E-state index contributed by atoms with van der Waals surface area (Å²) < 4.78 is 12.9. The van der Waals surface area contributed by atoms with Crippen molar-refractivity contribution in [2.75, 3.05) is 0 Å². The van der Waals surface area contributed by atoms with Crippen molar-refractivity contribution in [3.05, 3.63) is 35.6 Å². The number of halogens is 1. The van der Waals surface area contributed by atoms with Crippen LogP contribution in [0.5, 0.6) is 0 Å². The van der Waals surface area contributed by atoms with Crippen LogP contribution in [0.25, 0.3) is 0 Å². The van der Waals surface area contributed by atoms with Crippen LogP contribution in [0.15, 0.2) is 24.3 Å². The Labute approximate surface area is 120 Å². The van der Waals surface area contributed by atoms with Gasteiger partial charge in [0.1, 0.15) is 5.82 Å². The first kappa shape index (κ1) is 15.0. The lowest BCUT2D eigenvalue weighted by Crippen LogP contribution is -2.47. The molecule has 4 heteroatoms. The molecule has 1 saturated carbocycles. The van der Waals surface area contributed by atoms with Gasteiger partial charge in [-0.25, -0.2) is 4.39 Å². The Bertz CT molecular complexity index is 456. The quantitative estimate of drug-likeness (QED) is 0.869. The van der Waals surface area contributed by atoms with E-state index in [-0.39, 0.29) is 17.6 Å². The Balaban J connectivity index is 2.07. The number of hydrogen-bond acceptors (Lipinski definition) is 2. The van der Waals surface area contributed by atoms with Crippen molar-refractivity contribution in [3.63, 3.8) is 0 Å². The summed E-state index contributed by atoms with van der Waals surface area (Å²) in [7, 11) is 0. The number of benzene rings is 1. The predicted molar refractivity (Wildman–Crippen MR) is 77.4 cm³/mol. The molecule has 3 nitrogen and oxygen atoms in total. The third kappa shape index (κ3) is 3.57. The van der Waals surface area contributed by atoms with Crippen molar-refractivity contribution in [1.29, 1.82) is 0 Å². The van der Waals surface area contributed by atoms with E-state index in [1.807, 2.05) is 18.7 Å². The molecule has 1 aromatic rings. The molecular weight excluding hydrogens is 255 g/mol. The van der Waals surface area contributed by atoms with Crippen molar-refractivity contribution in [1.82, 2.24) is 4.90 Å². The van der Waals surface area contributed by atoms with Crippen LogP contribution >= 0.6 is 0 Å². The lowest BCUT2D eigenvalue weighted by atomic mass is 9.98. The third-order valence-electron chi connectivity index (χ3n) is 4.08. The number of carbonyl (C=O) groups is 1. The van der Waals surface area contributed by atoms with E-state index in [1.54, 1.807) is 12.1 Å². The molecule has 0 saturated heterocycles. The van der Waals surface area contributed by atoms with Gasteiger partial charge in [0.15, 0.2) is 0 Å². The minimum atomic E-state index is -0.443. The van der Waals surface area contributed by atoms with Crippen LogP contribution < -0.4 is 5.73 Å². The number of amides is 1. The van der Waals surface area contributed by atoms with E-state index in [1.165, 1.54) is 12.1 Å². The van der Waals surface area contributed by atoms with E-state index in [4.69, 9.17) is 5.73 Å². The van der Waals surface area contributed by atoms with E-state index >= 15 is 0 Å². The number of rotatable bonds is 6. The van der Waals surface area contributed by atoms with Crippen molar-refractivity contribution < 1.29 is 9.18 Å². The summed E-state index contributed by atoms with van der Waals surface area (Å²) in [6.07, 6.45) is 2.97. The van der Waals surface area contributed by atoms with Gasteiger partial charge in [-0.2, -0.15) is 0 Å². The molecule has 1 aliphatic rings. The zero-order valence-electron chi connectivity index (χ0n) is 12.2. The molecule has 0 aromatic heterocycles. The molecule has 0 unspecified atom stereocenters. The van der Waals surface area contributed by atoms with Crippen LogP contribution in [-0.2, 0) is 11.3 Å². The van der Waals surface area contributed by atoms with Gasteiger partial charge in [-0.05, 0) is 36.5 Å². The number of nitrogens with two attached hydrogens (primary N) is 1. The fourth-order valence-corrected chi connectivity index (χ4v) is 2.25. The Morgan fingerprint density at radius 3 is 2.50 bits per heavy atom. The van der Waals surface area contributed by atoms with Crippen molar-refractivity contribution in [2.45, 2.75) is 51.7 Å². The Kier molecular flexibility index (Phi) is 4.76. The first-order valence-electron chi connectivity index (χ1n) is 7.33. The fraction of sp³-hybridized carbons (Fsp3) is 0.562. The second-order valence-electron chi connectivity index (χ2n) is 5.74. The van der Waals surface area contributed by atoms with Gasteiger partial charge in [0.2, 0.25) is 5.91 Å². The van der Waals surface area contributed by atoms with Crippen LogP contribution in [0.2, 0.25) is 0 Å². The van der Waals surface area contributed by atoms with Gasteiger partial charge in [0.05, 0.1) is 6.04 Å². The van der Waals surface area contributed by atoms with Crippen LogP contribution in [0.4, 0.5) is 4.39 Å². The average molecular weight is 278 g/mol. The second-order valence-corrected chi connectivity index (χ2v) is 5.74. The first-order valence-corrected chi connectivity index (χ1v) is 7.33. The highest BCUT2D eigenvalue weighted by Crippen LogP contribution is 2.29. The number of nitrogens with zero attached hydrogens (tertiary/aromatic N) is 1. The van der Waals surface area contributed by atoms with Gasteiger partial charge in [-0.3, -0.25) is 4.79 Å². The molecule has 2 rings (SSSR count). The van der Waals surface area contributed by atoms with Crippen LogP contribution in [0.3, 0.4) is 0 Å². The summed E-state index contributed by atoms with van der Waals surface area (Å²) in [5, 5.41) is 0. The molecule has 1 fully saturated rings. The minimum Gasteiger partial charge on any atom is -0.334 e. The summed E-state index contributed by atoms with van der Waals surface area (Å²) >= 11 is 0. The van der Waals surface area contributed by atoms with E-state index in [2.05, 4.69) is 0 Å². The topological polar surface area (TPSA) is 46.3 Å². The first-order chi connectivity index (χ1) is 9.52. The van der Waals surface area contributed by atoms with Crippen molar-refractivity contribution >= 4 is 5.91 Å². The van der Waals surface area contributed by atoms with Crippen molar-refractivity contribution in [2.24, 2.45) is 11.7 Å². The van der Waals surface area contributed by atoms with Gasteiger partial charge in [0.25, 0.3) is 0 Å². The minimum absolute atomic E-state index is 0.0196. The monoisotopic (exact) mass is 278 g/mol. The maximum absolute atomic E-state index is 12.9. The smallest absolute Gasteiger partial charge is 0.240 e. The molecule has 0 spiro atoms. The molecule has 1 aromatic carbocycles. The number of carbonyl (C=O) groups excluding carboxylic acids is 1. The maximum Gasteiger partial charge on any atom is 0.240 e. The molecular formula is C16H23FN2O. The molecule has 20 heavy (non-hydrogen) atoms. The maximum atomic E-state index is 12.9. The fourth-order valence-electron chi connectivity index (χ4n) is 2.25. The average Bonchev–Trinajstić information content (AvgIpc) is 3.28. The Hall–Kier alpha value is -1.42. The molecule has 1 aliphatic carbocycles. The summed E-state index contributed by atoms with van der Waals surface area (Å²) in [6, 6.07) is 6.18. The highest BCUT2D eigenvalue weighted by Gasteiger charge is 2.35. The van der Waals surface area contributed by atoms with Crippen LogP contribution in [0.1, 0.15) is 38.7 Å². The molecule has 0 heterocycles. The van der Waals surface area contributed by atoms with Crippen LogP contribution in [0, 0.1) is 11.7 Å². The molecule has 1 amide bonds. The normalized spacial score (nSPS) is 17.6. The molecule has 0 aliphatic heterocycles. The summed E-state index contributed by atoms with van der Waals surface area (Å²) in [4.78, 5) is 14.4. The number of hydrogen-bond donors (Lipinski definition) is 1. The van der Waals surface area contributed by atoms with Gasteiger partial charge in [-0.1, -0.05) is 32.4 Å². The lowest BCUT2D eigenvalue weighted by Gasteiger charge is -2.28. The molecule has 110 valence electrons. The van der Waals surface area contributed by atoms with E-state index < -0.39 is 6.04 Å². The van der Waals surface area contributed by atoms with E-state index in [0.717, 1.165) is 24.8 Å². The third-order valence-corrected chi connectivity index (χ3v) is 4.08. The Morgan fingerprint density at radius 1 is 1.40 bits per heavy atom. The molecule has 0 bridgehead atoms. The molecule has 2 N–H and O–H groups in total. The summed E-state index contributed by atoms with van der Waals surface area (Å²) in [6.45, 7) is 4.57. The molecule has 2 atom stereocenters. The van der Waals surface area contributed by atoms with E-state index in [0.29, 0.717) is 12.6 Å². The summed E-state index contributed by atoms with van der Waals surface area (Å²) in [5.74, 6) is -0.0579. The second kappa shape index (κ2) is 6.35. The van der Waals surface area contributed by atoms with Crippen molar-refractivity contribution in [3.8, 4) is 0 Å². The predicted octanol–water partition coefficient (Wildman–Crippen LogP) is 2.69.